The molecule has 0 saturated carbocycles. The van der Waals surface area contributed by atoms with Gasteiger partial charge in [0.2, 0.25) is 11.8 Å². The number of aromatic nitrogens is 1. The average molecular weight is 421 g/mol. The Kier molecular flexibility index (Phi) is 5.95. The zero-order valence-electron chi connectivity index (χ0n) is 17.0. The van der Waals surface area contributed by atoms with Crippen molar-refractivity contribution in [3.63, 3.8) is 0 Å². The molecule has 0 aliphatic carbocycles. The molecule has 1 aliphatic rings. The number of halogens is 1. The highest BCUT2D eigenvalue weighted by molar-refractivity contribution is 6.59. The Labute approximate surface area is 189 Å². The number of carbonyl (C=O) groups is 2. The van der Waals surface area contributed by atoms with Crippen molar-refractivity contribution in [3.8, 4) is 11.3 Å². The van der Waals surface area contributed by atoms with Gasteiger partial charge in [-0.2, -0.15) is 0 Å². The molecule has 2 amide bonds. The number of amides is 2. The van der Waals surface area contributed by atoms with Gasteiger partial charge >= 0.3 is 0 Å². The summed E-state index contributed by atoms with van der Waals surface area (Å²) in [4.78, 5) is 27.5. The van der Waals surface area contributed by atoms with E-state index in [1.54, 1.807) is 0 Å². The van der Waals surface area contributed by atoms with Crippen LogP contribution in [0.4, 0.5) is 4.39 Å². The van der Waals surface area contributed by atoms with Crippen LogP contribution in [0.15, 0.2) is 24.3 Å². The number of H-pyrrole nitrogens is 1. The summed E-state index contributed by atoms with van der Waals surface area (Å²) >= 11 is 0. The highest BCUT2D eigenvalue weighted by Gasteiger charge is 2.34. The summed E-state index contributed by atoms with van der Waals surface area (Å²) < 4.78 is 14.2. The minimum atomic E-state index is -0.993. The monoisotopic (exact) mass is 421 g/mol. The fourth-order valence-corrected chi connectivity index (χ4v) is 3.99. The van der Waals surface area contributed by atoms with Gasteiger partial charge in [-0.05, 0) is 23.6 Å². The van der Waals surface area contributed by atoms with E-state index in [0.29, 0.717) is 11.3 Å². The number of aliphatic hydroxyl groups is 1. The highest BCUT2D eigenvalue weighted by Crippen LogP contribution is 2.29. The van der Waals surface area contributed by atoms with Crippen molar-refractivity contribution >= 4 is 76.0 Å². The summed E-state index contributed by atoms with van der Waals surface area (Å²) in [5.41, 5.74) is 1.46. The molecule has 2 heterocycles. The number of hydrogen-bond acceptors (Lipinski definition) is 3. The van der Waals surface area contributed by atoms with Gasteiger partial charge in [0, 0.05) is 29.6 Å². The Morgan fingerprint density at radius 2 is 1.78 bits per heavy atom. The molecule has 1 aromatic heterocycles. The summed E-state index contributed by atoms with van der Waals surface area (Å²) in [6.07, 6.45) is -0.733. The largest absolute Gasteiger partial charge is 0.389 e. The third kappa shape index (κ3) is 3.75. The molecule has 1 fully saturated rings. The Bertz CT molecular complexity index is 1220. The number of fused-ring (bicyclic) bond motifs is 1. The van der Waals surface area contributed by atoms with Crippen molar-refractivity contribution in [1.82, 2.24) is 15.6 Å². The second-order valence-electron chi connectivity index (χ2n) is 7.73. The Morgan fingerprint density at radius 3 is 2.41 bits per heavy atom. The summed E-state index contributed by atoms with van der Waals surface area (Å²) in [5.74, 6) is -1.73. The van der Waals surface area contributed by atoms with Crippen LogP contribution in [0.25, 0.3) is 22.2 Å². The van der Waals surface area contributed by atoms with Crippen molar-refractivity contribution in [1.29, 1.82) is 0 Å². The van der Waals surface area contributed by atoms with Crippen LogP contribution < -0.4 is 32.5 Å². The number of hydrogen-bond donors (Lipinski definition) is 4. The molecule has 4 rings (SSSR count). The molecule has 0 bridgehead atoms. The number of benzene rings is 2. The van der Waals surface area contributed by atoms with Crippen LogP contribution in [0.3, 0.4) is 0 Å². The molecule has 0 unspecified atom stereocenters. The smallest absolute Gasteiger partial charge is 0.245 e. The molecule has 4 N–H and O–H groups in total. The molecule has 1 aliphatic heterocycles. The number of nitrogens with one attached hydrogen (secondary N) is 3. The molecule has 152 valence electrons. The standard InChI is InChI=1S/C21H16B4FN3O3/c22-14-13(15(23)17(25)18(26)16(14)24)19-9(8-3-1-2-4-10(8)28-19)5-6-12(31)29-20-11(30)7-27-21(20)32/h1-4,11,20,28,30H,5-7H2,(H,27,32)(H,29,31)/t11-,20+/m1/s1. The zero-order chi connectivity index (χ0) is 23.2. The average Bonchev–Trinajstić information content (AvgIpc) is 3.29. The van der Waals surface area contributed by atoms with E-state index < -0.39 is 29.8 Å². The maximum Gasteiger partial charge on any atom is 0.245 e. The second-order valence-corrected chi connectivity index (χ2v) is 7.73. The third-order valence-corrected chi connectivity index (χ3v) is 5.73. The van der Waals surface area contributed by atoms with Gasteiger partial charge in [0.15, 0.2) is 0 Å². The summed E-state index contributed by atoms with van der Waals surface area (Å²) in [6.45, 7) is 0.0857. The molecular weight excluding hydrogens is 404 g/mol. The lowest BCUT2D eigenvalue weighted by Crippen LogP contribution is -2.46. The predicted molar refractivity (Wildman–Crippen MR) is 125 cm³/mol. The van der Waals surface area contributed by atoms with Gasteiger partial charge in [0.05, 0.1) is 0 Å². The van der Waals surface area contributed by atoms with E-state index in [1.807, 2.05) is 24.3 Å². The van der Waals surface area contributed by atoms with E-state index in [-0.39, 0.29) is 46.8 Å². The van der Waals surface area contributed by atoms with Crippen LogP contribution in [0, 0.1) is 5.82 Å². The number of β-amino-alcohol motifs (C(OH)–C–C–N with tert-alkyl or cyclic N) is 1. The van der Waals surface area contributed by atoms with Crippen molar-refractivity contribution < 1.29 is 19.1 Å². The number of para-hydroxylation sites is 1. The third-order valence-electron chi connectivity index (χ3n) is 5.73. The van der Waals surface area contributed by atoms with Gasteiger partial charge in [-0.1, -0.05) is 40.1 Å². The number of rotatable bonds is 5. The molecule has 8 radical (unpaired) electrons. The van der Waals surface area contributed by atoms with E-state index in [0.717, 1.165) is 10.9 Å². The first-order chi connectivity index (χ1) is 15.2. The molecule has 6 nitrogen and oxygen atoms in total. The second kappa shape index (κ2) is 8.54. The van der Waals surface area contributed by atoms with Gasteiger partial charge in [-0.25, -0.2) is 4.39 Å². The number of aliphatic hydroxyl groups excluding tert-OH is 1. The van der Waals surface area contributed by atoms with Gasteiger partial charge < -0.3 is 20.7 Å². The Morgan fingerprint density at radius 1 is 1.12 bits per heavy atom. The molecule has 3 aromatic rings. The lowest BCUT2D eigenvalue weighted by atomic mass is 9.66. The van der Waals surface area contributed by atoms with E-state index in [2.05, 4.69) is 15.6 Å². The van der Waals surface area contributed by atoms with Crippen LogP contribution in [0.5, 0.6) is 0 Å². The fraction of sp³-hybridized carbons (Fsp3) is 0.238. The quantitative estimate of drug-likeness (QED) is 0.333. The topological polar surface area (TPSA) is 94.2 Å². The van der Waals surface area contributed by atoms with Crippen molar-refractivity contribution in [2.24, 2.45) is 0 Å². The SMILES string of the molecule is [B]c1c([B])c(-c2[nH]c3ccccc3c2CCC(=O)N[C@@H]2C(=O)NC[C@H]2O)c([B])c([B])c1F. The maximum atomic E-state index is 14.2. The maximum absolute atomic E-state index is 14.2. The molecule has 1 saturated heterocycles. The van der Waals surface area contributed by atoms with E-state index in [9.17, 15) is 19.1 Å². The van der Waals surface area contributed by atoms with E-state index in [1.165, 1.54) is 0 Å². The van der Waals surface area contributed by atoms with Gasteiger partial charge in [-0.3, -0.25) is 9.59 Å². The number of carbonyl (C=O) groups excluding carboxylic acids is 2. The highest BCUT2D eigenvalue weighted by atomic mass is 19.1. The number of aromatic amines is 1. The predicted octanol–water partition coefficient (Wildman–Crippen LogP) is -2.94. The molecule has 0 spiro atoms. The molecule has 2 aromatic carbocycles. The summed E-state index contributed by atoms with van der Waals surface area (Å²) in [6, 6.07) is 6.37. The minimum absolute atomic E-state index is 0.0112. The molecule has 32 heavy (non-hydrogen) atoms. The zero-order valence-corrected chi connectivity index (χ0v) is 17.0. The van der Waals surface area contributed by atoms with Crippen LogP contribution in [-0.4, -0.2) is 72.0 Å². The lowest BCUT2D eigenvalue weighted by Gasteiger charge is -2.19. The molecule has 2 atom stereocenters. The Balaban J connectivity index is 1.71. The lowest BCUT2D eigenvalue weighted by molar-refractivity contribution is -0.128. The van der Waals surface area contributed by atoms with Crippen molar-refractivity contribution in [2.75, 3.05) is 6.54 Å². The van der Waals surface area contributed by atoms with Gasteiger partial charge in [0.25, 0.3) is 0 Å². The van der Waals surface area contributed by atoms with E-state index >= 15 is 0 Å². The first kappa shape index (κ1) is 22.3. The van der Waals surface area contributed by atoms with Crippen molar-refractivity contribution in [3.05, 3.63) is 35.6 Å². The minimum Gasteiger partial charge on any atom is -0.389 e. The fourth-order valence-electron chi connectivity index (χ4n) is 3.99. The van der Waals surface area contributed by atoms with Gasteiger partial charge in [0.1, 0.15) is 49.3 Å². The first-order valence-electron chi connectivity index (χ1n) is 9.97. The summed E-state index contributed by atoms with van der Waals surface area (Å²) in [5, 5.41) is 15.7. The van der Waals surface area contributed by atoms with E-state index in [4.69, 9.17) is 31.4 Å². The van der Waals surface area contributed by atoms with Crippen LogP contribution in [0.1, 0.15) is 12.0 Å². The first-order valence-corrected chi connectivity index (χ1v) is 9.97. The molecule has 11 heteroatoms. The van der Waals surface area contributed by atoms with Crippen molar-refractivity contribution in [2.45, 2.75) is 25.0 Å². The normalized spacial score (nSPS) is 18.1. The van der Waals surface area contributed by atoms with Crippen LogP contribution in [0.2, 0.25) is 0 Å². The Hall–Kier alpha value is -2.93. The van der Waals surface area contributed by atoms with Crippen LogP contribution in [-0.2, 0) is 16.0 Å². The van der Waals surface area contributed by atoms with Gasteiger partial charge in [-0.15, -0.1) is 0 Å². The molecular formula is C21H16B4FN3O3. The van der Waals surface area contributed by atoms with Crippen LogP contribution >= 0.6 is 0 Å². The number of aryl methyl sites for hydroxylation is 1. The summed E-state index contributed by atoms with van der Waals surface area (Å²) in [7, 11) is 23.8.